The van der Waals surface area contributed by atoms with E-state index in [1.54, 1.807) is 36.4 Å². The van der Waals surface area contributed by atoms with Gasteiger partial charge < -0.3 is 15.4 Å². The fourth-order valence-corrected chi connectivity index (χ4v) is 2.27. The van der Waals surface area contributed by atoms with Crippen LogP contribution in [0.25, 0.3) is 0 Å². The fourth-order valence-electron chi connectivity index (χ4n) is 2.27. The number of nitrogens with zero attached hydrogens (tertiary/aromatic N) is 2. The van der Waals surface area contributed by atoms with E-state index in [1.165, 1.54) is 25.3 Å². The van der Waals surface area contributed by atoms with E-state index in [-0.39, 0.29) is 11.4 Å². The molecule has 0 unspecified atom stereocenters. The molecule has 0 radical (unpaired) electrons. The Hall–Kier alpha value is -3.81. The van der Waals surface area contributed by atoms with Crippen molar-refractivity contribution in [3.05, 3.63) is 77.6 Å². The van der Waals surface area contributed by atoms with Crippen LogP contribution in [0.2, 0.25) is 0 Å². The summed E-state index contributed by atoms with van der Waals surface area (Å²) >= 11 is 0. The number of benzene rings is 2. The predicted molar refractivity (Wildman–Crippen MR) is 97.4 cm³/mol. The third-order valence-electron chi connectivity index (χ3n) is 3.55. The van der Waals surface area contributed by atoms with E-state index in [9.17, 15) is 14.0 Å². The predicted octanol–water partition coefficient (Wildman–Crippen LogP) is 3.40. The number of carbonyl (C=O) groups excluding carboxylic acids is 2. The molecule has 1 heterocycles. The second-order valence-corrected chi connectivity index (χ2v) is 5.47. The van der Waals surface area contributed by atoms with Gasteiger partial charge in [-0.2, -0.15) is 0 Å². The van der Waals surface area contributed by atoms with Crippen LogP contribution in [-0.4, -0.2) is 29.2 Å². The zero-order valence-corrected chi connectivity index (χ0v) is 14.3. The van der Waals surface area contributed by atoms with Crippen molar-refractivity contribution >= 4 is 29.2 Å². The molecular formula is C19H15FN4O3. The van der Waals surface area contributed by atoms with Crippen molar-refractivity contribution in [3.8, 4) is 0 Å². The highest BCUT2D eigenvalue weighted by Gasteiger charge is 2.09. The molecule has 0 aliphatic rings. The monoisotopic (exact) mass is 366 g/mol. The van der Waals surface area contributed by atoms with Crippen LogP contribution in [0.5, 0.6) is 0 Å². The first-order chi connectivity index (χ1) is 13.0. The molecule has 0 atom stereocenters. The summed E-state index contributed by atoms with van der Waals surface area (Å²) in [4.78, 5) is 23.6. The lowest BCUT2D eigenvalue weighted by molar-refractivity contribution is 0.0600. The second kappa shape index (κ2) is 8.05. The van der Waals surface area contributed by atoms with Gasteiger partial charge in [0.2, 0.25) is 0 Å². The summed E-state index contributed by atoms with van der Waals surface area (Å²) in [7, 11) is 1.31. The Balaban J connectivity index is 1.67. The van der Waals surface area contributed by atoms with E-state index in [1.807, 2.05) is 0 Å². The second-order valence-electron chi connectivity index (χ2n) is 5.47. The maximum atomic E-state index is 13.2. The van der Waals surface area contributed by atoms with Gasteiger partial charge in [0.25, 0.3) is 5.91 Å². The van der Waals surface area contributed by atoms with Crippen LogP contribution in [0, 0.1) is 5.82 Å². The molecule has 0 saturated heterocycles. The van der Waals surface area contributed by atoms with Gasteiger partial charge in [0.05, 0.1) is 12.7 Å². The Kier molecular flexibility index (Phi) is 5.36. The molecule has 2 N–H and O–H groups in total. The normalized spacial score (nSPS) is 10.1. The maximum Gasteiger partial charge on any atom is 0.337 e. The van der Waals surface area contributed by atoms with Gasteiger partial charge >= 0.3 is 5.97 Å². The lowest BCUT2D eigenvalue weighted by Gasteiger charge is -2.08. The van der Waals surface area contributed by atoms with E-state index >= 15 is 0 Å². The molecule has 27 heavy (non-hydrogen) atoms. The standard InChI is InChI=1S/C19H15FN4O3/c1-27-19(26)13-5-3-7-15(11-13)21-16-8-9-17(24-23-16)22-18(25)12-4-2-6-14(20)10-12/h2-11H,1H3,(H,21,23)(H,22,24,25). The minimum Gasteiger partial charge on any atom is -0.465 e. The summed E-state index contributed by atoms with van der Waals surface area (Å²) in [6, 6.07) is 15.2. The van der Waals surface area contributed by atoms with Crippen LogP contribution < -0.4 is 10.6 Å². The van der Waals surface area contributed by atoms with E-state index in [0.29, 0.717) is 17.1 Å². The molecule has 7 nitrogen and oxygen atoms in total. The Labute approximate surface area is 154 Å². The lowest BCUT2D eigenvalue weighted by atomic mass is 10.2. The van der Waals surface area contributed by atoms with E-state index in [4.69, 9.17) is 0 Å². The molecule has 2 aromatic carbocycles. The van der Waals surface area contributed by atoms with E-state index in [2.05, 4.69) is 25.6 Å². The summed E-state index contributed by atoms with van der Waals surface area (Å²) in [5.41, 5.74) is 1.21. The third kappa shape index (κ3) is 4.63. The van der Waals surface area contributed by atoms with Crippen LogP contribution in [0.1, 0.15) is 20.7 Å². The molecule has 0 aliphatic carbocycles. The quantitative estimate of drug-likeness (QED) is 0.672. The number of rotatable bonds is 5. The number of esters is 1. The van der Waals surface area contributed by atoms with Gasteiger partial charge in [0, 0.05) is 11.3 Å². The number of nitrogens with one attached hydrogen (secondary N) is 2. The molecule has 0 spiro atoms. The van der Waals surface area contributed by atoms with Gasteiger partial charge in [0.15, 0.2) is 11.6 Å². The Morgan fingerprint density at radius 3 is 2.33 bits per heavy atom. The highest BCUT2D eigenvalue weighted by Crippen LogP contribution is 2.17. The van der Waals surface area contributed by atoms with Crippen molar-refractivity contribution in [2.45, 2.75) is 0 Å². The van der Waals surface area contributed by atoms with Crippen molar-refractivity contribution < 1.29 is 18.7 Å². The molecule has 1 amide bonds. The fraction of sp³-hybridized carbons (Fsp3) is 0.0526. The number of amides is 1. The Bertz CT molecular complexity index is 977. The third-order valence-corrected chi connectivity index (χ3v) is 3.55. The molecule has 0 aliphatic heterocycles. The topological polar surface area (TPSA) is 93.2 Å². The molecule has 0 bridgehead atoms. The largest absolute Gasteiger partial charge is 0.465 e. The summed E-state index contributed by atoms with van der Waals surface area (Å²) in [5, 5.41) is 13.4. The van der Waals surface area contributed by atoms with Crippen molar-refractivity contribution in [3.63, 3.8) is 0 Å². The van der Waals surface area contributed by atoms with Crippen molar-refractivity contribution in [1.82, 2.24) is 10.2 Å². The minimum atomic E-state index is -0.498. The van der Waals surface area contributed by atoms with Crippen LogP contribution >= 0.6 is 0 Å². The molecule has 0 fully saturated rings. The SMILES string of the molecule is COC(=O)c1cccc(Nc2ccc(NC(=O)c3cccc(F)c3)nn2)c1. The minimum absolute atomic E-state index is 0.179. The zero-order valence-electron chi connectivity index (χ0n) is 14.3. The van der Waals surface area contributed by atoms with Gasteiger partial charge in [-0.3, -0.25) is 4.79 Å². The Morgan fingerprint density at radius 1 is 0.926 bits per heavy atom. The van der Waals surface area contributed by atoms with Gasteiger partial charge in [-0.1, -0.05) is 12.1 Å². The average Bonchev–Trinajstić information content (AvgIpc) is 2.69. The lowest BCUT2D eigenvalue weighted by Crippen LogP contribution is -2.13. The summed E-state index contributed by atoms with van der Waals surface area (Å²) < 4.78 is 17.9. The smallest absolute Gasteiger partial charge is 0.337 e. The van der Waals surface area contributed by atoms with Gasteiger partial charge in [-0.25, -0.2) is 9.18 Å². The summed E-state index contributed by atoms with van der Waals surface area (Å²) in [5.74, 6) is -0.795. The number of methoxy groups -OCH3 is 1. The number of hydrogen-bond donors (Lipinski definition) is 2. The molecule has 3 aromatic rings. The first kappa shape index (κ1) is 18.0. The molecule has 0 saturated carbocycles. The molecular weight excluding hydrogens is 351 g/mol. The maximum absolute atomic E-state index is 13.2. The number of anilines is 3. The number of ether oxygens (including phenoxy) is 1. The van der Waals surface area contributed by atoms with Crippen molar-refractivity contribution in [2.24, 2.45) is 0 Å². The summed E-state index contributed by atoms with van der Waals surface area (Å²) in [6.07, 6.45) is 0. The zero-order chi connectivity index (χ0) is 19.2. The first-order valence-corrected chi connectivity index (χ1v) is 7.91. The van der Waals surface area contributed by atoms with E-state index < -0.39 is 17.7 Å². The highest BCUT2D eigenvalue weighted by molar-refractivity contribution is 6.03. The molecule has 8 heteroatoms. The van der Waals surface area contributed by atoms with Crippen LogP contribution in [0.4, 0.5) is 21.7 Å². The van der Waals surface area contributed by atoms with Crippen molar-refractivity contribution in [2.75, 3.05) is 17.7 Å². The summed E-state index contributed by atoms with van der Waals surface area (Å²) in [6.45, 7) is 0. The number of halogens is 1. The first-order valence-electron chi connectivity index (χ1n) is 7.91. The van der Waals surface area contributed by atoms with Crippen molar-refractivity contribution in [1.29, 1.82) is 0 Å². The molecule has 136 valence electrons. The van der Waals surface area contributed by atoms with Gasteiger partial charge in [-0.15, -0.1) is 10.2 Å². The van der Waals surface area contributed by atoms with Gasteiger partial charge in [0.1, 0.15) is 5.82 Å². The number of carbonyl (C=O) groups is 2. The number of aromatic nitrogens is 2. The molecule has 3 rings (SSSR count). The number of hydrogen-bond acceptors (Lipinski definition) is 6. The Morgan fingerprint density at radius 2 is 1.63 bits per heavy atom. The van der Waals surface area contributed by atoms with Crippen LogP contribution in [0.15, 0.2) is 60.7 Å². The molecule has 1 aromatic heterocycles. The van der Waals surface area contributed by atoms with Crippen LogP contribution in [-0.2, 0) is 4.74 Å². The average molecular weight is 366 g/mol. The van der Waals surface area contributed by atoms with Gasteiger partial charge in [-0.05, 0) is 48.5 Å². The highest BCUT2D eigenvalue weighted by atomic mass is 19.1. The van der Waals surface area contributed by atoms with E-state index in [0.717, 1.165) is 6.07 Å². The van der Waals surface area contributed by atoms with Crippen LogP contribution in [0.3, 0.4) is 0 Å².